The fourth-order valence-corrected chi connectivity index (χ4v) is 8.53. The van der Waals surface area contributed by atoms with Crippen molar-refractivity contribution in [2.75, 3.05) is 0 Å². The van der Waals surface area contributed by atoms with Crippen LogP contribution in [0.3, 0.4) is 0 Å². The van der Waals surface area contributed by atoms with Gasteiger partial charge in [0.2, 0.25) is 5.91 Å². The van der Waals surface area contributed by atoms with Gasteiger partial charge in [0.15, 0.2) is 0 Å². The molecule has 8 heteroatoms. The van der Waals surface area contributed by atoms with Gasteiger partial charge in [0.25, 0.3) is 0 Å². The van der Waals surface area contributed by atoms with Crippen LogP contribution in [0.25, 0.3) is 0 Å². The fourth-order valence-electron chi connectivity index (χ4n) is 8.53. The second kappa shape index (κ2) is 10.0. The molecule has 1 amide bonds. The van der Waals surface area contributed by atoms with E-state index in [1.807, 2.05) is 19.1 Å². The number of aliphatic carboxylic acids is 2. The van der Waals surface area contributed by atoms with Gasteiger partial charge in [0.05, 0.1) is 12.8 Å². The fraction of sp³-hybridized carbons (Fsp3) is 0.667. The van der Waals surface area contributed by atoms with Crippen molar-refractivity contribution in [3.05, 3.63) is 28.8 Å². The lowest BCUT2D eigenvalue weighted by molar-refractivity contribution is -0.146. The Balaban J connectivity index is 1.56. The molecule has 3 aliphatic rings. The highest BCUT2D eigenvalue weighted by atomic mass is 16.5. The molecule has 38 heavy (non-hydrogen) atoms. The molecule has 0 spiro atoms. The average molecular weight is 528 g/mol. The second-order valence-corrected chi connectivity index (χ2v) is 12.9. The molecule has 0 radical (unpaired) electrons. The Morgan fingerprint density at radius 3 is 2.37 bits per heavy atom. The van der Waals surface area contributed by atoms with E-state index in [1.165, 1.54) is 36.8 Å². The first kappa shape index (κ1) is 28.1. The highest BCUT2D eigenvalue weighted by Crippen LogP contribution is 2.67. The number of fused-ring (bicyclic) bond motifs is 5. The number of esters is 1. The van der Waals surface area contributed by atoms with Crippen molar-refractivity contribution in [1.82, 2.24) is 5.32 Å². The minimum absolute atomic E-state index is 0.0601. The van der Waals surface area contributed by atoms with Gasteiger partial charge in [-0.25, -0.2) is 4.79 Å². The summed E-state index contributed by atoms with van der Waals surface area (Å²) in [6.45, 7) is 11.8. The number of amides is 1. The maximum atomic E-state index is 12.9. The van der Waals surface area contributed by atoms with Crippen molar-refractivity contribution in [1.29, 1.82) is 0 Å². The van der Waals surface area contributed by atoms with E-state index in [0.717, 1.165) is 18.4 Å². The van der Waals surface area contributed by atoms with E-state index < -0.39 is 42.7 Å². The molecule has 0 saturated heterocycles. The Bertz CT molecular complexity index is 1160. The predicted octanol–water partition coefficient (Wildman–Crippen LogP) is 4.78. The molecule has 0 bridgehead atoms. The van der Waals surface area contributed by atoms with Crippen molar-refractivity contribution in [2.24, 2.45) is 22.7 Å². The molecule has 3 N–H and O–H groups in total. The molecule has 2 saturated carbocycles. The number of rotatable bonds is 8. The van der Waals surface area contributed by atoms with Crippen molar-refractivity contribution >= 4 is 23.8 Å². The third kappa shape index (κ3) is 5.06. The molecule has 2 fully saturated rings. The topological polar surface area (TPSA) is 130 Å². The van der Waals surface area contributed by atoms with Crippen molar-refractivity contribution in [3.63, 3.8) is 0 Å². The summed E-state index contributed by atoms with van der Waals surface area (Å²) in [6.07, 6.45) is 5.59. The standard InChI is InChI=1S/C30H41NO7/c1-17-13-19(38-27(37)20(16-25(35)36)31-23(32)7-8-24(33)34)14-18-15-22-29(4)11-6-10-28(2,3)21(29)9-12-30(22,5)26(17)18/h13-14,20-22H,6-12,15-16H2,1-5H3,(H,31,32)(H,33,34)(H,35,36)/t20?,21?,22-,29+,30-/m1/s1. The van der Waals surface area contributed by atoms with Crippen LogP contribution < -0.4 is 10.1 Å². The molecule has 208 valence electrons. The number of ether oxygens (including phenoxy) is 1. The van der Waals surface area contributed by atoms with Crippen LogP contribution >= 0.6 is 0 Å². The molecular weight excluding hydrogens is 486 g/mol. The molecule has 0 aromatic heterocycles. The molecule has 1 aromatic rings. The van der Waals surface area contributed by atoms with Gasteiger partial charge in [-0.05, 0) is 95.9 Å². The largest absolute Gasteiger partial charge is 0.481 e. The third-order valence-electron chi connectivity index (χ3n) is 9.96. The lowest BCUT2D eigenvalue weighted by atomic mass is 9.43. The Morgan fingerprint density at radius 2 is 1.71 bits per heavy atom. The van der Waals surface area contributed by atoms with Gasteiger partial charge in [0.1, 0.15) is 11.8 Å². The van der Waals surface area contributed by atoms with Crippen LogP contribution in [0.4, 0.5) is 0 Å². The quantitative estimate of drug-likeness (QED) is 0.328. The maximum absolute atomic E-state index is 12.9. The Labute approximate surface area is 224 Å². The number of hydrogen-bond donors (Lipinski definition) is 3. The highest BCUT2D eigenvalue weighted by Gasteiger charge is 2.61. The van der Waals surface area contributed by atoms with Crippen LogP contribution in [0.5, 0.6) is 5.75 Å². The van der Waals surface area contributed by atoms with Crippen molar-refractivity contribution in [3.8, 4) is 5.75 Å². The lowest BCUT2D eigenvalue weighted by Crippen LogP contribution is -2.55. The minimum Gasteiger partial charge on any atom is -0.481 e. The van der Waals surface area contributed by atoms with E-state index in [1.54, 1.807) is 0 Å². The number of benzene rings is 1. The van der Waals surface area contributed by atoms with Gasteiger partial charge in [-0.1, -0.05) is 34.1 Å². The van der Waals surface area contributed by atoms with Crippen molar-refractivity contribution < 1.29 is 34.1 Å². The molecule has 8 nitrogen and oxygen atoms in total. The van der Waals surface area contributed by atoms with Crippen LogP contribution in [0.2, 0.25) is 0 Å². The second-order valence-electron chi connectivity index (χ2n) is 12.9. The van der Waals surface area contributed by atoms with Crippen LogP contribution in [-0.4, -0.2) is 40.1 Å². The predicted molar refractivity (Wildman–Crippen MR) is 141 cm³/mol. The van der Waals surface area contributed by atoms with Gasteiger partial charge in [-0.2, -0.15) is 0 Å². The van der Waals surface area contributed by atoms with Crippen LogP contribution in [-0.2, 0) is 31.0 Å². The lowest BCUT2D eigenvalue weighted by Gasteiger charge is -2.61. The molecule has 5 atom stereocenters. The van der Waals surface area contributed by atoms with E-state index in [-0.39, 0.29) is 17.3 Å². The summed E-state index contributed by atoms with van der Waals surface area (Å²) in [5.74, 6) is -2.50. The number of carboxylic acid groups (broad SMARTS) is 2. The summed E-state index contributed by atoms with van der Waals surface area (Å²) >= 11 is 0. The molecule has 0 aliphatic heterocycles. The third-order valence-corrected chi connectivity index (χ3v) is 9.96. The number of hydrogen-bond acceptors (Lipinski definition) is 5. The van der Waals surface area contributed by atoms with Crippen LogP contribution in [0, 0.1) is 29.6 Å². The number of carbonyl (C=O) groups is 4. The number of nitrogens with one attached hydrogen (secondary N) is 1. The van der Waals surface area contributed by atoms with Gasteiger partial charge in [-0.15, -0.1) is 0 Å². The van der Waals surface area contributed by atoms with E-state index in [2.05, 4.69) is 33.0 Å². The van der Waals surface area contributed by atoms with Gasteiger partial charge < -0.3 is 20.3 Å². The summed E-state index contributed by atoms with van der Waals surface area (Å²) < 4.78 is 5.63. The summed E-state index contributed by atoms with van der Waals surface area (Å²) in [7, 11) is 0. The normalized spacial score (nSPS) is 29.8. The van der Waals surface area contributed by atoms with Crippen LogP contribution in [0.1, 0.15) is 95.8 Å². The SMILES string of the molecule is Cc1cc(OC(=O)C(CC(=O)O)NC(=O)CCC(=O)O)cc2c1[C@]1(C)CCC3C(C)(C)CCC[C@]3(C)[C@H]1C2. The van der Waals surface area contributed by atoms with Gasteiger partial charge in [0, 0.05) is 6.42 Å². The van der Waals surface area contributed by atoms with E-state index in [0.29, 0.717) is 23.0 Å². The smallest absolute Gasteiger partial charge is 0.334 e. The summed E-state index contributed by atoms with van der Waals surface area (Å²) in [6, 6.07) is 2.35. The average Bonchev–Trinajstić information content (AvgIpc) is 3.10. The van der Waals surface area contributed by atoms with Crippen LogP contribution in [0.15, 0.2) is 12.1 Å². The van der Waals surface area contributed by atoms with E-state index in [9.17, 15) is 24.3 Å². The molecular formula is C30H41NO7. The first-order chi connectivity index (χ1) is 17.7. The zero-order chi connectivity index (χ0) is 28.0. The van der Waals surface area contributed by atoms with E-state index >= 15 is 0 Å². The zero-order valence-electron chi connectivity index (χ0n) is 23.2. The minimum atomic E-state index is -1.41. The Morgan fingerprint density at radius 1 is 1.00 bits per heavy atom. The van der Waals surface area contributed by atoms with Gasteiger partial charge in [-0.3, -0.25) is 14.4 Å². The monoisotopic (exact) mass is 527 g/mol. The summed E-state index contributed by atoms with van der Waals surface area (Å²) in [5.41, 5.74) is 4.23. The number of carboxylic acids is 2. The van der Waals surface area contributed by atoms with Gasteiger partial charge >= 0.3 is 17.9 Å². The molecule has 4 rings (SSSR count). The molecule has 2 unspecified atom stereocenters. The Kier molecular flexibility index (Phi) is 7.40. The summed E-state index contributed by atoms with van der Waals surface area (Å²) in [5, 5.41) is 20.4. The first-order valence-electron chi connectivity index (χ1n) is 13.8. The maximum Gasteiger partial charge on any atom is 0.334 e. The number of carbonyl (C=O) groups excluding carboxylic acids is 2. The van der Waals surface area contributed by atoms with E-state index in [4.69, 9.17) is 9.84 Å². The first-order valence-corrected chi connectivity index (χ1v) is 13.8. The summed E-state index contributed by atoms with van der Waals surface area (Å²) in [4.78, 5) is 47.1. The number of aryl methyl sites for hydroxylation is 1. The zero-order valence-corrected chi connectivity index (χ0v) is 23.2. The molecule has 0 heterocycles. The molecule has 1 aromatic carbocycles. The Hall–Kier alpha value is -2.90. The molecule has 3 aliphatic carbocycles. The van der Waals surface area contributed by atoms with Crippen molar-refractivity contribution in [2.45, 2.75) is 104 Å². The highest BCUT2D eigenvalue weighted by molar-refractivity contribution is 5.89.